The second-order valence-corrected chi connectivity index (χ2v) is 6.38. The van der Waals surface area contributed by atoms with Gasteiger partial charge >= 0.3 is 5.97 Å². The van der Waals surface area contributed by atoms with Gasteiger partial charge in [0.05, 0.1) is 11.1 Å². The average molecular weight is 310 g/mol. The van der Waals surface area contributed by atoms with E-state index in [4.69, 9.17) is 0 Å². The highest BCUT2D eigenvalue weighted by atomic mass is 16.4. The molecule has 2 fully saturated rings. The van der Waals surface area contributed by atoms with Crippen molar-refractivity contribution in [1.82, 2.24) is 9.88 Å². The van der Waals surface area contributed by atoms with Crippen molar-refractivity contribution in [2.24, 2.45) is 0 Å². The lowest BCUT2D eigenvalue weighted by Crippen LogP contribution is -2.40. The summed E-state index contributed by atoms with van der Waals surface area (Å²) < 4.78 is 0. The van der Waals surface area contributed by atoms with Crippen LogP contribution in [0.2, 0.25) is 0 Å². The van der Waals surface area contributed by atoms with Gasteiger partial charge in [0.25, 0.3) is 5.91 Å². The fraction of sp³-hybridized carbons (Fsp3) is 0.389. The molecule has 23 heavy (non-hydrogen) atoms. The Morgan fingerprint density at radius 2 is 1.96 bits per heavy atom. The SMILES string of the molecule is O=C(O)[C@@H]1CCCN1C(=O)c1cc(C2CC2)nc2ccccc12. The molecule has 0 radical (unpaired) electrons. The van der Waals surface area contributed by atoms with Gasteiger partial charge in [-0.3, -0.25) is 9.78 Å². The molecule has 1 amide bonds. The number of carboxylic acids is 1. The third-order valence-corrected chi connectivity index (χ3v) is 4.76. The van der Waals surface area contributed by atoms with Crippen LogP contribution in [-0.2, 0) is 4.79 Å². The third kappa shape index (κ3) is 2.46. The topological polar surface area (TPSA) is 70.5 Å². The van der Waals surface area contributed by atoms with Crippen LogP contribution in [0.3, 0.4) is 0 Å². The molecule has 1 aliphatic heterocycles. The summed E-state index contributed by atoms with van der Waals surface area (Å²) in [6, 6.07) is 8.76. The number of nitrogens with zero attached hydrogens (tertiary/aromatic N) is 2. The van der Waals surface area contributed by atoms with Gasteiger partial charge in [-0.2, -0.15) is 0 Å². The summed E-state index contributed by atoms with van der Waals surface area (Å²) >= 11 is 0. The van der Waals surface area contributed by atoms with Gasteiger partial charge in [-0.25, -0.2) is 4.79 Å². The highest BCUT2D eigenvalue weighted by Gasteiger charge is 2.35. The molecule has 0 spiro atoms. The van der Waals surface area contributed by atoms with Crippen LogP contribution in [0.15, 0.2) is 30.3 Å². The molecule has 1 saturated heterocycles. The maximum atomic E-state index is 13.0. The first kappa shape index (κ1) is 14.2. The zero-order chi connectivity index (χ0) is 16.0. The minimum atomic E-state index is -0.920. The van der Waals surface area contributed by atoms with Crippen LogP contribution in [0, 0.1) is 0 Å². The summed E-state index contributed by atoms with van der Waals surface area (Å²) in [6.45, 7) is 0.505. The normalized spacial score (nSPS) is 20.9. The molecule has 1 atom stereocenters. The van der Waals surface area contributed by atoms with Crippen LogP contribution in [0.4, 0.5) is 0 Å². The van der Waals surface area contributed by atoms with E-state index in [0.29, 0.717) is 24.4 Å². The second kappa shape index (κ2) is 5.33. The summed E-state index contributed by atoms with van der Waals surface area (Å²) in [5, 5.41) is 10.1. The van der Waals surface area contributed by atoms with Crippen molar-refractivity contribution in [3.05, 3.63) is 41.6 Å². The van der Waals surface area contributed by atoms with Gasteiger partial charge < -0.3 is 10.0 Å². The number of likely N-dealkylation sites (tertiary alicyclic amines) is 1. The smallest absolute Gasteiger partial charge is 0.326 e. The van der Waals surface area contributed by atoms with E-state index in [1.807, 2.05) is 30.3 Å². The number of para-hydroxylation sites is 1. The van der Waals surface area contributed by atoms with Crippen LogP contribution in [-0.4, -0.2) is 39.5 Å². The predicted octanol–water partition coefficient (Wildman–Crippen LogP) is 2.80. The van der Waals surface area contributed by atoms with Crippen LogP contribution >= 0.6 is 0 Å². The highest BCUT2D eigenvalue weighted by Crippen LogP contribution is 2.40. The lowest BCUT2D eigenvalue weighted by atomic mass is 10.0. The Morgan fingerprint density at radius 3 is 2.70 bits per heavy atom. The van der Waals surface area contributed by atoms with Crippen LogP contribution < -0.4 is 0 Å². The Hall–Kier alpha value is -2.43. The Balaban J connectivity index is 1.80. The van der Waals surface area contributed by atoms with Gasteiger partial charge in [-0.1, -0.05) is 18.2 Å². The molecule has 5 nitrogen and oxygen atoms in total. The van der Waals surface area contributed by atoms with Crippen molar-refractivity contribution in [2.75, 3.05) is 6.54 Å². The third-order valence-electron chi connectivity index (χ3n) is 4.76. The number of carbonyl (C=O) groups excluding carboxylic acids is 1. The first-order chi connectivity index (χ1) is 11.1. The monoisotopic (exact) mass is 310 g/mol. The maximum Gasteiger partial charge on any atom is 0.326 e. The average Bonchev–Trinajstić information content (AvgIpc) is 3.29. The molecule has 1 aromatic heterocycles. The lowest BCUT2D eigenvalue weighted by Gasteiger charge is -2.22. The fourth-order valence-corrected chi connectivity index (χ4v) is 3.38. The molecule has 1 N–H and O–H groups in total. The van der Waals surface area contributed by atoms with Crippen LogP contribution in [0.1, 0.15) is 47.7 Å². The second-order valence-electron chi connectivity index (χ2n) is 6.38. The molecule has 1 aromatic carbocycles. The van der Waals surface area contributed by atoms with Crippen LogP contribution in [0.5, 0.6) is 0 Å². The van der Waals surface area contributed by atoms with Gasteiger partial charge in [-0.15, -0.1) is 0 Å². The fourth-order valence-electron chi connectivity index (χ4n) is 3.38. The lowest BCUT2D eigenvalue weighted by molar-refractivity contribution is -0.141. The summed E-state index contributed by atoms with van der Waals surface area (Å²) in [7, 11) is 0. The molecule has 5 heteroatoms. The largest absolute Gasteiger partial charge is 0.480 e. The number of aliphatic carboxylic acids is 1. The van der Waals surface area contributed by atoms with E-state index < -0.39 is 12.0 Å². The molecule has 4 rings (SSSR count). The predicted molar refractivity (Wildman–Crippen MR) is 85.4 cm³/mol. The Labute approximate surface area is 133 Å². The molecule has 0 bridgehead atoms. The number of amides is 1. The number of fused-ring (bicyclic) bond motifs is 1. The number of carbonyl (C=O) groups is 2. The van der Waals surface area contributed by atoms with Crippen molar-refractivity contribution < 1.29 is 14.7 Å². The van der Waals surface area contributed by atoms with Crippen molar-refractivity contribution in [3.63, 3.8) is 0 Å². The number of hydrogen-bond donors (Lipinski definition) is 1. The number of carboxylic acid groups (broad SMARTS) is 1. The first-order valence-corrected chi connectivity index (χ1v) is 8.08. The van der Waals surface area contributed by atoms with Gasteiger partial charge in [0, 0.05) is 23.5 Å². The van der Waals surface area contributed by atoms with E-state index in [2.05, 4.69) is 4.98 Å². The van der Waals surface area contributed by atoms with E-state index in [0.717, 1.165) is 35.9 Å². The van der Waals surface area contributed by atoms with Crippen molar-refractivity contribution in [2.45, 2.75) is 37.6 Å². The minimum Gasteiger partial charge on any atom is -0.480 e. The Morgan fingerprint density at radius 1 is 1.17 bits per heavy atom. The van der Waals surface area contributed by atoms with Gasteiger partial charge in [0.1, 0.15) is 6.04 Å². The van der Waals surface area contributed by atoms with E-state index in [1.165, 1.54) is 4.90 Å². The first-order valence-electron chi connectivity index (χ1n) is 8.08. The summed E-state index contributed by atoms with van der Waals surface area (Å²) in [5.74, 6) is -0.660. The Bertz CT molecular complexity index is 798. The number of pyridine rings is 1. The van der Waals surface area contributed by atoms with Crippen molar-refractivity contribution in [3.8, 4) is 0 Å². The molecular formula is C18H18N2O3. The molecule has 118 valence electrons. The summed E-state index contributed by atoms with van der Waals surface area (Å²) in [5.41, 5.74) is 2.36. The van der Waals surface area contributed by atoms with E-state index in [-0.39, 0.29) is 5.91 Å². The van der Waals surface area contributed by atoms with Gasteiger partial charge in [0.2, 0.25) is 0 Å². The molecule has 2 heterocycles. The Kier molecular flexibility index (Phi) is 3.29. The van der Waals surface area contributed by atoms with Gasteiger partial charge in [0.15, 0.2) is 0 Å². The molecule has 0 unspecified atom stereocenters. The minimum absolute atomic E-state index is 0.185. The molecule has 1 aliphatic carbocycles. The number of rotatable bonds is 3. The quantitative estimate of drug-likeness (QED) is 0.946. The zero-order valence-electron chi connectivity index (χ0n) is 12.7. The molecule has 2 aromatic rings. The maximum absolute atomic E-state index is 13.0. The number of aromatic nitrogens is 1. The highest BCUT2D eigenvalue weighted by molar-refractivity contribution is 6.07. The van der Waals surface area contributed by atoms with Gasteiger partial charge in [-0.05, 0) is 37.8 Å². The van der Waals surface area contributed by atoms with E-state index in [9.17, 15) is 14.7 Å². The standard InChI is InChI=1S/C18H18N2O3/c21-17(20-9-3-6-16(20)18(22)23)13-10-15(11-7-8-11)19-14-5-2-1-4-12(13)14/h1-2,4-5,10-11,16H,3,6-9H2,(H,22,23)/t16-/m0/s1. The van der Waals surface area contributed by atoms with E-state index in [1.54, 1.807) is 0 Å². The summed E-state index contributed by atoms with van der Waals surface area (Å²) in [4.78, 5) is 30.6. The molecule has 1 saturated carbocycles. The zero-order valence-corrected chi connectivity index (χ0v) is 12.7. The number of hydrogen-bond acceptors (Lipinski definition) is 3. The van der Waals surface area contributed by atoms with Crippen molar-refractivity contribution >= 4 is 22.8 Å². The van der Waals surface area contributed by atoms with E-state index >= 15 is 0 Å². The molecular weight excluding hydrogens is 292 g/mol. The van der Waals surface area contributed by atoms with Crippen molar-refractivity contribution in [1.29, 1.82) is 0 Å². The van der Waals surface area contributed by atoms with Crippen LogP contribution in [0.25, 0.3) is 10.9 Å². The summed E-state index contributed by atoms with van der Waals surface area (Å²) in [6.07, 6.45) is 3.49. The number of benzene rings is 1. The molecule has 2 aliphatic rings.